The van der Waals surface area contributed by atoms with Gasteiger partial charge in [0.15, 0.2) is 0 Å². The molecule has 0 saturated heterocycles. The molecule has 3 aromatic rings. The molecule has 0 amide bonds. The Kier molecular flexibility index (Phi) is 4.24. The van der Waals surface area contributed by atoms with Crippen LogP contribution in [-0.2, 0) is 12.8 Å². The van der Waals surface area contributed by atoms with Gasteiger partial charge in [-0.15, -0.1) is 0 Å². The number of aromatic nitrogens is 2. The van der Waals surface area contributed by atoms with Gasteiger partial charge in [0.25, 0.3) is 0 Å². The molecule has 2 heterocycles. The maximum atomic E-state index is 12.9. The average Bonchev–Trinajstić information content (AvgIpc) is 2.50. The van der Waals surface area contributed by atoms with Crippen molar-refractivity contribution in [1.82, 2.24) is 9.97 Å². The second-order valence-corrected chi connectivity index (χ2v) is 5.43. The molecule has 0 aliphatic carbocycles. The molecule has 0 N–H and O–H groups in total. The third kappa shape index (κ3) is 3.76. The van der Waals surface area contributed by atoms with Crippen LogP contribution in [0.3, 0.4) is 0 Å². The van der Waals surface area contributed by atoms with Gasteiger partial charge in [0.05, 0.1) is 6.20 Å². The minimum atomic E-state index is -0.315. The van der Waals surface area contributed by atoms with E-state index in [0.717, 1.165) is 23.5 Å². The van der Waals surface area contributed by atoms with Crippen LogP contribution < -0.4 is 0 Å². The lowest BCUT2D eigenvalue weighted by atomic mass is 10.1. The number of benzene rings is 1. The molecule has 2 nitrogen and oxygen atoms in total. The molecule has 22 heavy (non-hydrogen) atoms. The minimum absolute atomic E-state index is 0.315. The molecular formula is C19H17FN2. The first-order valence-electron chi connectivity index (χ1n) is 7.30. The number of rotatable bonds is 4. The molecule has 0 aliphatic heterocycles. The van der Waals surface area contributed by atoms with Gasteiger partial charge in [-0.3, -0.25) is 9.97 Å². The van der Waals surface area contributed by atoms with Crippen molar-refractivity contribution in [1.29, 1.82) is 0 Å². The van der Waals surface area contributed by atoms with Crippen LogP contribution in [0.2, 0.25) is 0 Å². The van der Waals surface area contributed by atoms with Crippen molar-refractivity contribution in [2.45, 2.75) is 19.8 Å². The van der Waals surface area contributed by atoms with Crippen LogP contribution in [0.5, 0.6) is 0 Å². The van der Waals surface area contributed by atoms with Gasteiger partial charge in [0, 0.05) is 29.9 Å². The Hall–Kier alpha value is -2.55. The second-order valence-electron chi connectivity index (χ2n) is 5.43. The van der Waals surface area contributed by atoms with Gasteiger partial charge >= 0.3 is 0 Å². The molecule has 0 spiro atoms. The van der Waals surface area contributed by atoms with Crippen LogP contribution in [0.1, 0.15) is 28.2 Å². The molecule has 0 fully saturated rings. The highest BCUT2D eigenvalue weighted by atomic mass is 19.1. The van der Waals surface area contributed by atoms with E-state index in [2.05, 4.69) is 41.2 Å². The molecule has 0 bridgehead atoms. The summed E-state index contributed by atoms with van der Waals surface area (Å²) in [6, 6.07) is 17.6. The predicted octanol–water partition coefficient (Wildman–Crippen LogP) is 4.11. The van der Waals surface area contributed by atoms with E-state index in [4.69, 9.17) is 0 Å². The van der Waals surface area contributed by atoms with Crippen LogP contribution in [-0.4, -0.2) is 9.97 Å². The van der Waals surface area contributed by atoms with Crippen molar-refractivity contribution in [3.63, 3.8) is 0 Å². The Labute approximate surface area is 129 Å². The summed E-state index contributed by atoms with van der Waals surface area (Å²) in [4.78, 5) is 8.77. The molecule has 0 radical (unpaired) electrons. The van der Waals surface area contributed by atoms with Gasteiger partial charge in [-0.25, -0.2) is 4.39 Å². The van der Waals surface area contributed by atoms with E-state index in [1.165, 1.54) is 23.4 Å². The molecule has 0 aliphatic rings. The Balaban J connectivity index is 1.76. The largest absolute Gasteiger partial charge is 0.258 e. The van der Waals surface area contributed by atoms with Crippen LogP contribution in [0.4, 0.5) is 4.39 Å². The lowest BCUT2D eigenvalue weighted by molar-refractivity contribution is 0.619. The molecule has 0 unspecified atom stereocenters. The monoisotopic (exact) mass is 292 g/mol. The van der Waals surface area contributed by atoms with Gasteiger partial charge in [0.1, 0.15) is 5.82 Å². The fourth-order valence-electron chi connectivity index (χ4n) is 2.45. The number of nitrogens with zero attached hydrogens (tertiary/aromatic N) is 2. The summed E-state index contributed by atoms with van der Waals surface area (Å²) >= 11 is 0. The first-order valence-corrected chi connectivity index (χ1v) is 7.30. The van der Waals surface area contributed by atoms with Crippen molar-refractivity contribution in [3.05, 3.63) is 94.8 Å². The molecule has 2 aromatic heterocycles. The van der Waals surface area contributed by atoms with Crippen molar-refractivity contribution in [3.8, 4) is 0 Å². The molecular weight excluding hydrogens is 275 g/mol. The van der Waals surface area contributed by atoms with E-state index in [1.54, 1.807) is 6.07 Å². The average molecular weight is 292 g/mol. The van der Waals surface area contributed by atoms with E-state index < -0.39 is 0 Å². The fourth-order valence-corrected chi connectivity index (χ4v) is 2.45. The molecule has 3 heteroatoms. The zero-order chi connectivity index (χ0) is 15.4. The van der Waals surface area contributed by atoms with Crippen LogP contribution in [0.25, 0.3) is 0 Å². The van der Waals surface area contributed by atoms with Gasteiger partial charge in [-0.1, -0.05) is 35.9 Å². The number of halogens is 1. The van der Waals surface area contributed by atoms with Crippen molar-refractivity contribution in [2.24, 2.45) is 0 Å². The van der Waals surface area contributed by atoms with E-state index in [0.29, 0.717) is 6.42 Å². The summed E-state index contributed by atoms with van der Waals surface area (Å²) in [6.45, 7) is 2.09. The van der Waals surface area contributed by atoms with Gasteiger partial charge in [-0.2, -0.15) is 0 Å². The van der Waals surface area contributed by atoms with Crippen molar-refractivity contribution in [2.75, 3.05) is 0 Å². The topological polar surface area (TPSA) is 25.8 Å². The van der Waals surface area contributed by atoms with E-state index in [9.17, 15) is 4.39 Å². The molecule has 0 atom stereocenters. The summed E-state index contributed by atoms with van der Waals surface area (Å²) in [5, 5.41) is 0. The molecule has 1 aromatic carbocycles. The summed E-state index contributed by atoms with van der Waals surface area (Å²) in [5.74, 6) is -0.315. The zero-order valence-electron chi connectivity index (χ0n) is 12.5. The van der Waals surface area contributed by atoms with E-state index in [-0.39, 0.29) is 5.82 Å². The Morgan fingerprint density at radius 1 is 0.864 bits per heavy atom. The SMILES string of the molecule is Cc1cccc(Cc2cccc(Cc3ccc(F)cn3)n2)c1. The zero-order valence-corrected chi connectivity index (χ0v) is 12.5. The Morgan fingerprint density at radius 2 is 1.64 bits per heavy atom. The van der Waals surface area contributed by atoms with E-state index in [1.807, 2.05) is 18.2 Å². The lowest BCUT2D eigenvalue weighted by Gasteiger charge is -2.06. The van der Waals surface area contributed by atoms with Gasteiger partial charge in [0.2, 0.25) is 0 Å². The Morgan fingerprint density at radius 3 is 2.36 bits per heavy atom. The van der Waals surface area contributed by atoms with Crippen LogP contribution >= 0.6 is 0 Å². The van der Waals surface area contributed by atoms with Gasteiger partial charge < -0.3 is 0 Å². The Bertz CT molecular complexity index is 766. The summed E-state index contributed by atoms with van der Waals surface area (Å²) in [7, 11) is 0. The number of hydrogen-bond acceptors (Lipinski definition) is 2. The van der Waals surface area contributed by atoms with Crippen molar-refractivity contribution >= 4 is 0 Å². The molecule has 110 valence electrons. The molecule has 0 saturated carbocycles. The number of hydrogen-bond donors (Lipinski definition) is 0. The van der Waals surface area contributed by atoms with Crippen LogP contribution in [0, 0.1) is 12.7 Å². The van der Waals surface area contributed by atoms with Gasteiger partial charge in [-0.05, 0) is 36.8 Å². The second kappa shape index (κ2) is 6.48. The predicted molar refractivity (Wildman–Crippen MR) is 85.2 cm³/mol. The molecule has 3 rings (SSSR count). The maximum Gasteiger partial charge on any atom is 0.141 e. The highest BCUT2D eigenvalue weighted by molar-refractivity contribution is 5.27. The van der Waals surface area contributed by atoms with Crippen molar-refractivity contribution < 1.29 is 4.39 Å². The van der Waals surface area contributed by atoms with Crippen LogP contribution in [0.15, 0.2) is 60.8 Å². The quantitative estimate of drug-likeness (QED) is 0.723. The normalized spacial score (nSPS) is 10.6. The highest BCUT2D eigenvalue weighted by Gasteiger charge is 2.03. The standard InChI is InChI=1S/C19H17FN2/c1-14-4-2-5-15(10-14)11-18-6-3-7-19(22-18)12-17-9-8-16(20)13-21-17/h2-10,13H,11-12H2,1H3. The first kappa shape index (κ1) is 14.4. The summed E-state index contributed by atoms with van der Waals surface area (Å²) in [6.07, 6.45) is 2.67. The highest BCUT2D eigenvalue weighted by Crippen LogP contribution is 2.12. The third-order valence-electron chi connectivity index (χ3n) is 3.48. The first-order chi connectivity index (χ1) is 10.7. The lowest BCUT2D eigenvalue weighted by Crippen LogP contribution is -1.99. The maximum absolute atomic E-state index is 12.9. The smallest absolute Gasteiger partial charge is 0.141 e. The fraction of sp³-hybridized carbons (Fsp3) is 0.158. The minimum Gasteiger partial charge on any atom is -0.258 e. The number of pyridine rings is 2. The third-order valence-corrected chi connectivity index (χ3v) is 3.48. The van der Waals surface area contributed by atoms with E-state index >= 15 is 0 Å². The summed E-state index contributed by atoms with van der Waals surface area (Å²) < 4.78 is 12.9. The number of aryl methyl sites for hydroxylation is 1. The summed E-state index contributed by atoms with van der Waals surface area (Å²) in [5.41, 5.74) is 5.31.